The van der Waals surface area contributed by atoms with E-state index in [4.69, 9.17) is 5.73 Å². The molecule has 0 heterocycles. The molecule has 0 saturated heterocycles. The Bertz CT molecular complexity index is 280. The molecule has 18 heavy (non-hydrogen) atoms. The first-order valence-corrected chi connectivity index (χ1v) is 7.70. The molecular formula is C15H28N2O. The predicted molar refractivity (Wildman–Crippen MR) is 74.0 cm³/mol. The fraction of sp³-hybridized carbons (Fsp3) is 0.933. The maximum Gasteiger partial charge on any atom is 0.223 e. The van der Waals surface area contributed by atoms with Gasteiger partial charge in [0, 0.05) is 12.5 Å². The second-order valence-corrected chi connectivity index (χ2v) is 6.30. The molecule has 2 aliphatic rings. The topological polar surface area (TPSA) is 55.1 Å². The highest BCUT2D eigenvalue weighted by atomic mass is 16.1. The Morgan fingerprint density at radius 3 is 2.50 bits per heavy atom. The lowest BCUT2D eigenvalue weighted by atomic mass is 9.78. The number of nitrogens with two attached hydrogens (primary N) is 1. The predicted octanol–water partition coefficient (Wildman–Crippen LogP) is 2.30. The number of rotatable bonds is 4. The van der Waals surface area contributed by atoms with Gasteiger partial charge in [-0.3, -0.25) is 4.79 Å². The number of carbonyl (C=O) groups excluding carboxylic acids is 1. The van der Waals surface area contributed by atoms with Gasteiger partial charge in [-0.2, -0.15) is 0 Å². The van der Waals surface area contributed by atoms with Crippen LogP contribution in [-0.4, -0.2) is 19.0 Å². The van der Waals surface area contributed by atoms with Crippen LogP contribution in [0.4, 0.5) is 0 Å². The maximum absolute atomic E-state index is 12.3. The molecule has 0 spiro atoms. The number of nitrogens with one attached hydrogen (secondary N) is 1. The third kappa shape index (κ3) is 3.25. The smallest absolute Gasteiger partial charge is 0.223 e. The van der Waals surface area contributed by atoms with Crippen molar-refractivity contribution >= 4 is 5.91 Å². The molecule has 0 aromatic heterocycles. The normalized spacial score (nSPS) is 36.6. The van der Waals surface area contributed by atoms with Gasteiger partial charge in [0.05, 0.1) is 0 Å². The Hall–Kier alpha value is -0.570. The fourth-order valence-corrected chi connectivity index (χ4v) is 3.72. The molecule has 0 aromatic rings. The second-order valence-electron chi connectivity index (χ2n) is 6.30. The van der Waals surface area contributed by atoms with Crippen LogP contribution in [0.5, 0.6) is 0 Å². The largest absolute Gasteiger partial charge is 0.356 e. The van der Waals surface area contributed by atoms with E-state index in [1.54, 1.807) is 0 Å². The van der Waals surface area contributed by atoms with Crippen molar-refractivity contribution in [1.29, 1.82) is 0 Å². The second kappa shape index (κ2) is 6.55. The molecule has 3 N–H and O–H groups in total. The van der Waals surface area contributed by atoms with E-state index in [9.17, 15) is 4.79 Å². The standard InChI is InChI=1S/C15H28N2O/c1-11-5-4-7-13(11)10-17-15(18)14-8-3-2-6-12(14)9-16/h11-14H,2-10,16H2,1H3,(H,17,18). The minimum Gasteiger partial charge on any atom is -0.356 e. The lowest BCUT2D eigenvalue weighted by Gasteiger charge is -2.30. The molecule has 2 saturated carbocycles. The molecule has 3 heteroatoms. The summed E-state index contributed by atoms with van der Waals surface area (Å²) in [4.78, 5) is 12.3. The highest BCUT2D eigenvalue weighted by Crippen LogP contribution is 2.32. The fourth-order valence-electron chi connectivity index (χ4n) is 3.72. The van der Waals surface area contributed by atoms with Crippen molar-refractivity contribution in [3.63, 3.8) is 0 Å². The van der Waals surface area contributed by atoms with Gasteiger partial charge < -0.3 is 11.1 Å². The zero-order valence-corrected chi connectivity index (χ0v) is 11.7. The monoisotopic (exact) mass is 252 g/mol. The average molecular weight is 252 g/mol. The lowest BCUT2D eigenvalue weighted by molar-refractivity contribution is -0.127. The minimum atomic E-state index is 0.181. The van der Waals surface area contributed by atoms with Gasteiger partial charge in [-0.25, -0.2) is 0 Å². The van der Waals surface area contributed by atoms with Gasteiger partial charge in [0.25, 0.3) is 0 Å². The molecule has 0 bridgehead atoms. The first-order valence-electron chi connectivity index (χ1n) is 7.70. The number of carbonyl (C=O) groups is 1. The molecule has 4 unspecified atom stereocenters. The van der Waals surface area contributed by atoms with E-state index in [1.165, 1.54) is 32.1 Å². The van der Waals surface area contributed by atoms with Crippen LogP contribution in [0.1, 0.15) is 51.9 Å². The molecule has 104 valence electrons. The van der Waals surface area contributed by atoms with Gasteiger partial charge in [-0.1, -0.05) is 32.6 Å². The van der Waals surface area contributed by atoms with Crippen LogP contribution in [0.25, 0.3) is 0 Å². The Balaban J connectivity index is 1.79. The minimum absolute atomic E-state index is 0.181. The molecule has 2 rings (SSSR count). The first kappa shape index (κ1) is 13.9. The summed E-state index contributed by atoms with van der Waals surface area (Å²) in [6.45, 7) is 3.86. The van der Waals surface area contributed by atoms with Gasteiger partial charge in [-0.05, 0) is 43.6 Å². The van der Waals surface area contributed by atoms with E-state index in [0.29, 0.717) is 18.4 Å². The molecule has 3 nitrogen and oxygen atoms in total. The molecule has 2 aliphatic carbocycles. The van der Waals surface area contributed by atoms with E-state index < -0.39 is 0 Å². The van der Waals surface area contributed by atoms with Crippen LogP contribution in [0.15, 0.2) is 0 Å². The summed E-state index contributed by atoms with van der Waals surface area (Å²) in [5.41, 5.74) is 5.79. The zero-order chi connectivity index (χ0) is 13.0. The summed E-state index contributed by atoms with van der Waals surface area (Å²) in [5.74, 6) is 2.35. The zero-order valence-electron chi connectivity index (χ0n) is 11.7. The summed E-state index contributed by atoms with van der Waals surface area (Å²) in [6.07, 6.45) is 8.54. The molecule has 2 fully saturated rings. The van der Waals surface area contributed by atoms with Crippen molar-refractivity contribution in [3.8, 4) is 0 Å². The average Bonchev–Trinajstić information content (AvgIpc) is 2.81. The Labute approximate surface area is 111 Å². The molecular weight excluding hydrogens is 224 g/mol. The Morgan fingerprint density at radius 1 is 1.11 bits per heavy atom. The summed E-state index contributed by atoms with van der Waals surface area (Å²) < 4.78 is 0. The third-order valence-corrected chi connectivity index (χ3v) is 5.13. The maximum atomic E-state index is 12.3. The van der Waals surface area contributed by atoms with Crippen molar-refractivity contribution in [3.05, 3.63) is 0 Å². The van der Waals surface area contributed by atoms with Gasteiger partial charge in [0.2, 0.25) is 5.91 Å². The number of hydrogen-bond acceptors (Lipinski definition) is 2. The summed E-state index contributed by atoms with van der Waals surface area (Å²) in [6, 6.07) is 0. The van der Waals surface area contributed by atoms with E-state index in [-0.39, 0.29) is 11.8 Å². The van der Waals surface area contributed by atoms with Gasteiger partial charge in [0.1, 0.15) is 0 Å². The molecule has 0 radical (unpaired) electrons. The highest BCUT2D eigenvalue weighted by Gasteiger charge is 2.31. The van der Waals surface area contributed by atoms with Crippen LogP contribution >= 0.6 is 0 Å². The Morgan fingerprint density at radius 2 is 1.83 bits per heavy atom. The van der Waals surface area contributed by atoms with Crippen molar-refractivity contribution in [2.45, 2.75) is 51.9 Å². The molecule has 1 amide bonds. The van der Waals surface area contributed by atoms with Crippen molar-refractivity contribution in [2.24, 2.45) is 29.4 Å². The van der Waals surface area contributed by atoms with Crippen molar-refractivity contribution < 1.29 is 4.79 Å². The SMILES string of the molecule is CC1CCCC1CNC(=O)C1CCCCC1CN. The third-order valence-electron chi connectivity index (χ3n) is 5.13. The van der Waals surface area contributed by atoms with Gasteiger partial charge >= 0.3 is 0 Å². The van der Waals surface area contributed by atoms with E-state index in [1.807, 2.05) is 0 Å². The van der Waals surface area contributed by atoms with E-state index >= 15 is 0 Å². The van der Waals surface area contributed by atoms with Gasteiger partial charge in [0.15, 0.2) is 0 Å². The van der Waals surface area contributed by atoms with Crippen molar-refractivity contribution in [2.75, 3.05) is 13.1 Å². The van der Waals surface area contributed by atoms with Gasteiger partial charge in [-0.15, -0.1) is 0 Å². The quantitative estimate of drug-likeness (QED) is 0.806. The summed E-state index contributed by atoms with van der Waals surface area (Å²) >= 11 is 0. The molecule has 4 atom stereocenters. The summed E-state index contributed by atoms with van der Waals surface area (Å²) in [7, 11) is 0. The van der Waals surface area contributed by atoms with Crippen molar-refractivity contribution in [1.82, 2.24) is 5.32 Å². The number of amides is 1. The Kier molecular flexibility index (Phi) is 5.04. The molecule has 0 aliphatic heterocycles. The van der Waals surface area contributed by atoms with Crippen LogP contribution in [0, 0.1) is 23.7 Å². The highest BCUT2D eigenvalue weighted by molar-refractivity contribution is 5.79. The molecule has 0 aromatic carbocycles. The van der Waals surface area contributed by atoms with Crippen LogP contribution < -0.4 is 11.1 Å². The lowest BCUT2D eigenvalue weighted by Crippen LogP contribution is -2.41. The summed E-state index contributed by atoms with van der Waals surface area (Å²) in [5, 5.41) is 3.19. The van der Waals surface area contributed by atoms with E-state index in [2.05, 4.69) is 12.2 Å². The van der Waals surface area contributed by atoms with Crippen LogP contribution in [0.2, 0.25) is 0 Å². The first-order chi connectivity index (χ1) is 8.72. The van der Waals surface area contributed by atoms with Crippen LogP contribution in [-0.2, 0) is 4.79 Å². The number of hydrogen-bond donors (Lipinski definition) is 2. The van der Waals surface area contributed by atoms with Crippen LogP contribution in [0.3, 0.4) is 0 Å². The van der Waals surface area contributed by atoms with E-state index in [0.717, 1.165) is 25.3 Å².